The standard InChI is InChI=1S/C9H16N4O/c1-2-5-13(7-3-4-7)9-12-11-8(6-10)14-9/h7H,2-6,10H2,1H3. The number of nitrogens with zero attached hydrogens (tertiary/aromatic N) is 3. The molecule has 1 heterocycles. The molecule has 1 aromatic rings. The van der Waals surface area contributed by atoms with Crippen LogP contribution in [0.2, 0.25) is 0 Å². The summed E-state index contributed by atoms with van der Waals surface area (Å²) in [5.74, 6) is 0.516. The van der Waals surface area contributed by atoms with E-state index in [9.17, 15) is 0 Å². The molecule has 1 saturated carbocycles. The fourth-order valence-electron chi connectivity index (χ4n) is 1.50. The van der Waals surface area contributed by atoms with Crippen molar-refractivity contribution in [3.8, 4) is 0 Å². The maximum atomic E-state index is 5.43. The van der Waals surface area contributed by atoms with Crippen LogP contribution in [0.5, 0.6) is 0 Å². The van der Waals surface area contributed by atoms with Crippen molar-refractivity contribution in [1.29, 1.82) is 0 Å². The highest BCUT2D eigenvalue weighted by molar-refractivity contribution is 5.29. The van der Waals surface area contributed by atoms with Crippen LogP contribution in [0.3, 0.4) is 0 Å². The molecule has 1 aliphatic carbocycles. The zero-order chi connectivity index (χ0) is 9.97. The maximum absolute atomic E-state index is 5.43. The quantitative estimate of drug-likeness (QED) is 0.758. The summed E-state index contributed by atoms with van der Waals surface area (Å²) in [6.07, 6.45) is 3.57. The summed E-state index contributed by atoms with van der Waals surface area (Å²) in [5.41, 5.74) is 5.41. The maximum Gasteiger partial charge on any atom is 0.318 e. The van der Waals surface area contributed by atoms with Crippen LogP contribution < -0.4 is 10.6 Å². The van der Waals surface area contributed by atoms with Crippen molar-refractivity contribution in [2.75, 3.05) is 11.4 Å². The van der Waals surface area contributed by atoms with E-state index in [4.69, 9.17) is 10.2 Å². The molecule has 1 aromatic heterocycles. The van der Waals surface area contributed by atoms with Gasteiger partial charge in [0.25, 0.3) is 0 Å². The lowest BCUT2D eigenvalue weighted by molar-refractivity contribution is 0.482. The van der Waals surface area contributed by atoms with Crippen molar-refractivity contribution in [3.05, 3.63) is 5.89 Å². The van der Waals surface area contributed by atoms with E-state index in [1.807, 2.05) is 0 Å². The van der Waals surface area contributed by atoms with E-state index in [-0.39, 0.29) is 0 Å². The molecule has 0 aromatic carbocycles. The second-order valence-electron chi connectivity index (χ2n) is 3.61. The van der Waals surface area contributed by atoms with Gasteiger partial charge in [-0.05, 0) is 19.3 Å². The fourth-order valence-corrected chi connectivity index (χ4v) is 1.50. The Balaban J connectivity index is 2.08. The third kappa shape index (κ3) is 1.87. The monoisotopic (exact) mass is 196 g/mol. The highest BCUT2D eigenvalue weighted by Gasteiger charge is 2.31. The first kappa shape index (κ1) is 9.45. The van der Waals surface area contributed by atoms with E-state index in [0.29, 0.717) is 24.5 Å². The SMILES string of the molecule is CCCN(c1nnc(CN)o1)C1CC1. The molecular weight excluding hydrogens is 180 g/mol. The number of nitrogens with two attached hydrogens (primary N) is 1. The minimum atomic E-state index is 0.317. The minimum absolute atomic E-state index is 0.317. The van der Waals surface area contributed by atoms with Crippen LogP contribution in [0.25, 0.3) is 0 Å². The minimum Gasteiger partial charge on any atom is -0.407 e. The number of hydrogen-bond donors (Lipinski definition) is 1. The lowest BCUT2D eigenvalue weighted by Crippen LogP contribution is -2.26. The van der Waals surface area contributed by atoms with E-state index < -0.39 is 0 Å². The Morgan fingerprint density at radius 2 is 2.29 bits per heavy atom. The molecule has 0 aliphatic heterocycles. The van der Waals surface area contributed by atoms with Gasteiger partial charge in [0.2, 0.25) is 5.89 Å². The van der Waals surface area contributed by atoms with Crippen LogP contribution in [-0.2, 0) is 6.54 Å². The summed E-state index contributed by atoms with van der Waals surface area (Å²) in [4.78, 5) is 2.19. The Morgan fingerprint density at radius 1 is 1.50 bits per heavy atom. The van der Waals surface area contributed by atoms with E-state index in [1.54, 1.807) is 0 Å². The van der Waals surface area contributed by atoms with E-state index in [2.05, 4.69) is 22.0 Å². The average Bonchev–Trinajstić information content (AvgIpc) is 2.92. The van der Waals surface area contributed by atoms with Crippen LogP contribution in [0, 0.1) is 0 Å². The molecule has 0 atom stereocenters. The topological polar surface area (TPSA) is 68.2 Å². The average molecular weight is 196 g/mol. The zero-order valence-corrected chi connectivity index (χ0v) is 8.44. The number of rotatable bonds is 5. The lowest BCUT2D eigenvalue weighted by Gasteiger charge is -2.17. The predicted octanol–water partition coefficient (Wildman–Crippen LogP) is 0.907. The molecule has 14 heavy (non-hydrogen) atoms. The van der Waals surface area contributed by atoms with Gasteiger partial charge in [-0.3, -0.25) is 0 Å². The molecule has 0 spiro atoms. The molecule has 5 heteroatoms. The van der Waals surface area contributed by atoms with Crippen LogP contribution in [0.4, 0.5) is 6.01 Å². The zero-order valence-electron chi connectivity index (χ0n) is 8.44. The predicted molar refractivity (Wildman–Crippen MR) is 52.8 cm³/mol. The number of aromatic nitrogens is 2. The summed E-state index contributed by atoms with van der Waals surface area (Å²) in [7, 11) is 0. The smallest absolute Gasteiger partial charge is 0.318 e. The van der Waals surface area contributed by atoms with Crippen molar-refractivity contribution in [2.24, 2.45) is 5.73 Å². The Kier molecular flexibility index (Phi) is 2.67. The second kappa shape index (κ2) is 3.96. The summed E-state index contributed by atoms with van der Waals surface area (Å²) in [6.45, 7) is 3.45. The number of hydrogen-bond acceptors (Lipinski definition) is 5. The molecule has 1 fully saturated rings. The van der Waals surface area contributed by atoms with Crippen LogP contribution in [-0.4, -0.2) is 22.8 Å². The molecule has 2 N–H and O–H groups in total. The Morgan fingerprint density at radius 3 is 2.79 bits per heavy atom. The van der Waals surface area contributed by atoms with Crippen LogP contribution >= 0.6 is 0 Å². The van der Waals surface area contributed by atoms with Gasteiger partial charge in [0.05, 0.1) is 6.54 Å². The molecule has 5 nitrogen and oxygen atoms in total. The van der Waals surface area contributed by atoms with Crippen LogP contribution in [0.1, 0.15) is 32.1 Å². The molecule has 0 unspecified atom stereocenters. The molecule has 0 saturated heterocycles. The third-order valence-corrected chi connectivity index (χ3v) is 2.33. The summed E-state index contributed by atoms with van der Waals surface area (Å²) >= 11 is 0. The third-order valence-electron chi connectivity index (χ3n) is 2.33. The molecule has 0 radical (unpaired) electrons. The van der Waals surface area contributed by atoms with Crippen LogP contribution in [0.15, 0.2) is 4.42 Å². The van der Waals surface area contributed by atoms with E-state index in [0.717, 1.165) is 13.0 Å². The highest BCUT2D eigenvalue weighted by atomic mass is 16.4. The molecular formula is C9H16N4O. The van der Waals surface area contributed by atoms with Gasteiger partial charge >= 0.3 is 6.01 Å². The summed E-state index contributed by atoms with van der Waals surface area (Å²) < 4.78 is 5.43. The van der Waals surface area contributed by atoms with Crippen molar-refractivity contribution < 1.29 is 4.42 Å². The molecule has 2 rings (SSSR count). The molecule has 0 amide bonds. The Labute approximate surface area is 83.3 Å². The largest absolute Gasteiger partial charge is 0.407 e. The lowest BCUT2D eigenvalue weighted by atomic mass is 10.4. The fraction of sp³-hybridized carbons (Fsp3) is 0.778. The van der Waals surface area contributed by atoms with Crippen molar-refractivity contribution in [1.82, 2.24) is 10.2 Å². The van der Waals surface area contributed by atoms with Gasteiger partial charge in [0.1, 0.15) is 0 Å². The van der Waals surface area contributed by atoms with Gasteiger partial charge in [-0.15, -0.1) is 5.10 Å². The van der Waals surface area contributed by atoms with Gasteiger partial charge in [-0.2, -0.15) is 0 Å². The van der Waals surface area contributed by atoms with Crippen molar-refractivity contribution in [2.45, 2.75) is 38.8 Å². The molecule has 78 valence electrons. The van der Waals surface area contributed by atoms with Crippen molar-refractivity contribution >= 4 is 6.01 Å². The first-order valence-corrected chi connectivity index (χ1v) is 5.14. The molecule has 1 aliphatic rings. The molecule has 0 bridgehead atoms. The summed E-state index contributed by atoms with van der Waals surface area (Å²) in [5, 5.41) is 7.86. The second-order valence-corrected chi connectivity index (χ2v) is 3.61. The Bertz CT molecular complexity index is 295. The first-order chi connectivity index (χ1) is 6.85. The van der Waals surface area contributed by atoms with Gasteiger partial charge in [0, 0.05) is 12.6 Å². The van der Waals surface area contributed by atoms with Crippen molar-refractivity contribution in [3.63, 3.8) is 0 Å². The number of anilines is 1. The highest BCUT2D eigenvalue weighted by Crippen LogP contribution is 2.30. The normalized spacial score (nSPS) is 15.9. The first-order valence-electron chi connectivity index (χ1n) is 5.14. The van der Waals surface area contributed by atoms with Gasteiger partial charge < -0.3 is 15.1 Å². The summed E-state index contributed by atoms with van der Waals surface area (Å²) in [6, 6.07) is 1.25. The van der Waals surface area contributed by atoms with E-state index in [1.165, 1.54) is 12.8 Å². The van der Waals surface area contributed by atoms with Gasteiger partial charge in [-0.1, -0.05) is 12.0 Å². The van der Waals surface area contributed by atoms with Gasteiger partial charge in [0.15, 0.2) is 0 Å². The van der Waals surface area contributed by atoms with Gasteiger partial charge in [-0.25, -0.2) is 0 Å². The van der Waals surface area contributed by atoms with E-state index >= 15 is 0 Å². The Hall–Kier alpha value is -1.10.